The standard InChI is InChI=1S/C24H26FN5O2S/c1-4-5-8-13-29-22(32)18-9-6-7-10-20(18)30-23(29)27-28-24(30)33-16(3)21(31)26-17-12-11-15(2)19(25)14-17/h6-7,9-12,14,16H,4-5,8,13H2,1-3H3,(H,26,31). The highest BCUT2D eigenvalue weighted by Crippen LogP contribution is 2.26. The van der Waals surface area contributed by atoms with Crippen LogP contribution in [-0.2, 0) is 11.3 Å². The van der Waals surface area contributed by atoms with Crippen molar-refractivity contribution in [2.75, 3.05) is 5.32 Å². The van der Waals surface area contributed by atoms with E-state index in [0.29, 0.717) is 39.6 Å². The van der Waals surface area contributed by atoms with E-state index in [1.54, 1.807) is 36.6 Å². The number of nitrogens with one attached hydrogen (secondary N) is 1. The van der Waals surface area contributed by atoms with E-state index in [1.165, 1.54) is 17.8 Å². The van der Waals surface area contributed by atoms with Crippen molar-refractivity contribution >= 4 is 40.0 Å². The normalized spacial score (nSPS) is 12.4. The predicted octanol–water partition coefficient (Wildman–Crippen LogP) is 4.80. The zero-order chi connectivity index (χ0) is 23.5. The van der Waals surface area contributed by atoms with Crippen LogP contribution < -0.4 is 10.9 Å². The van der Waals surface area contributed by atoms with Crippen LogP contribution in [0.15, 0.2) is 52.4 Å². The summed E-state index contributed by atoms with van der Waals surface area (Å²) in [6, 6.07) is 11.9. The number of unbranched alkanes of at least 4 members (excludes halogenated alkanes) is 2. The second kappa shape index (κ2) is 9.74. The lowest BCUT2D eigenvalue weighted by atomic mass is 10.2. The van der Waals surface area contributed by atoms with Gasteiger partial charge in [-0.2, -0.15) is 0 Å². The Morgan fingerprint density at radius 1 is 1.18 bits per heavy atom. The smallest absolute Gasteiger partial charge is 0.262 e. The molecule has 0 aliphatic heterocycles. The molecule has 2 aromatic heterocycles. The minimum absolute atomic E-state index is 0.0923. The van der Waals surface area contributed by atoms with Crippen molar-refractivity contribution in [3.63, 3.8) is 0 Å². The van der Waals surface area contributed by atoms with Crippen molar-refractivity contribution in [3.05, 3.63) is 64.2 Å². The highest BCUT2D eigenvalue weighted by atomic mass is 32.2. The molecule has 1 unspecified atom stereocenters. The molecule has 0 aliphatic rings. The van der Waals surface area contributed by atoms with Gasteiger partial charge in [-0.05, 0) is 50.1 Å². The largest absolute Gasteiger partial charge is 0.325 e. The molecule has 1 N–H and O–H groups in total. The van der Waals surface area contributed by atoms with Crippen LogP contribution in [0.4, 0.5) is 10.1 Å². The zero-order valence-corrected chi connectivity index (χ0v) is 19.7. The topological polar surface area (TPSA) is 81.3 Å². The molecule has 2 aromatic carbocycles. The Kier molecular flexibility index (Phi) is 6.78. The number of aromatic nitrogens is 4. The monoisotopic (exact) mass is 467 g/mol. The van der Waals surface area contributed by atoms with Crippen molar-refractivity contribution in [2.24, 2.45) is 0 Å². The Morgan fingerprint density at radius 3 is 2.73 bits per heavy atom. The highest BCUT2D eigenvalue weighted by molar-refractivity contribution is 8.00. The van der Waals surface area contributed by atoms with Crippen LogP contribution in [0.1, 0.15) is 38.7 Å². The van der Waals surface area contributed by atoms with Crippen molar-refractivity contribution in [2.45, 2.75) is 57.0 Å². The summed E-state index contributed by atoms with van der Waals surface area (Å²) in [6.07, 6.45) is 2.92. The van der Waals surface area contributed by atoms with Gasteiger partial charge in [0.05, 0.1) is 16.2 Å². The molecule has 0 spiro atoms. The molecule has 0 aliphatic carbocycles. The van der Waals surface area contributed by atoms with Gasteiger partial charge in [-0.3, -0.25) is 18.6 Å². The number of carbonyl (C=O) groups excluding carboxylic acids is 1. The first kappa shape index (κ1) is 23.0. The molecule has 0 saturated carbocycles. The average Bonchev–Trinajstić information content (AvgIpc) is 3.22. The highest BCUT2D eigenvalue weighted by Gasteiger charge is 2.21. The van der Waals surface area contributed by atoms with Gasteiger partial charge in [-0.15, -0.1) is 10.2 Å². The van der Waals surface area contributed by atoms with Crippen molar-refractivity contribution < 1.29 is 9.18 Å². The molecule has 4 aromatic rings. The number of anilines is 1. The lowest BCUT2D eigenvalue weighted by molar-refractivity contribution is -0.115. The number of fused-ring (bicyclic) bond motifs is 3. The van der Waals surface area contributed by atoms with Crippen LogP contribution in [0.2, 0.25) is 0 Å². The number of halogens is 1. The molecule has 1 amide bonds. The van der Waals surface area contributed by atoms with Gasteiger partial charge in [-0.25, -0.2) is 4.39 Å². The summed E-state index contributed by atoms with van der Waals surface area (Å²) < 4.78 is 17.3. The van der Waals surface area contributed by atoms with E-state index in [2.05, 4.69) is 22.4 Å². The van der Waals surface area contributed by atoms with Crippen LogP contribution in [0.5, 0.6) is 0 Å². The molecule has 0 radical (unpaired) electrons. The summed E-state index contributed by atoms with van der Waals surface area (Å²) in [5.74, 6) is -0.185. The number of benzene rings is 2. The zero-order valence-electron chi connectivity index (χ0n) is 18.8. The number of carbonyl (C=O) groups is 1. The lowest BCUT2D eigenvalue weighted by Gasteiger charge is -2.13. The van der Waals surface area contributed by atoms with E-state index in [4.69, 9.17) is 0 Å². The third-order valence-corrected chi connectivity index (χ3v) is 6.60. The number of rotatable bonds is 8. The number of aryl methyl sites for hydroxylation is 2. The third kappa shape index (κ3) is 4.64. The second-order valence-electron chi connectivity index (χ2n) is 8.01. The van der Waals surface area contributed by atoms with Crippen molar-refractivity contribution in [1.82, 2.24) is 19.2 Å². The van der Waals surface area contributed by atoms with E-state index < -0.39 is 5.25 Å². The molecule has 4 rings (SSSR count). The predicted molar refractivity (Wildman–Crippen MR) is 129 cm³/mol. The maximum absolute atomic E-state index is 13.8. The number of hydrogen-bond donors (Lipinski definition) is 1. The van der Waals surface area contributed by atoms with Gasteiger partial charge in [0.15, 0.2) is 5.16 Å². The molecular weight excluding hydrogens is 441 g/mol. The molecule has 33 heavy (non-hydrogen) atoms. The molecule has 7 nitrogen and oxygen atoms in total. The van der Waals surface area contributed by atoms with Crippen LogP contribution in [0.25, 0.3) is 16.7 Å². The van der Waals surface area contributed by atoms with Gasteiger partial charge < -0.3 is 5.32 Å². The Balaban J connectivity index is 1.67. The summed E-state index contributed by atoms with van der Waals surface area (Å²) in [6.45, 7) is 6.09. The molecule has 172 valence electrons. The minimum atomic E-state index is -0.527. The van der Waals surface area contributed by atoms with Gasteiger partial charge in [0.1, 0.15) is 5.82 Å². The Labute approximate surface area is 195 Å². The summed E-state index contributed by atoms with van der Waals surface area (Å²) in [7, 11) is 0. The Hall–Kier alpha value is -3.20. The Morgan fingerprint density at radius 2 is 1.97 bits per heavy atom. The van der Waals surface area contributed by atoms with Crippen LogP contribution in [-0.4, -0.2) is 30.3 Å². The van der Waals surface area contributed by atoms with E-state index in [1.807, 2.05) is 22.6 Å². The SMILES string of the molecule is CCCCCn1c(=O)c2ccccc2n2c(SC(C)C(=O)Nc3ccc(C)c(F)c3)nnc12. The van der Waals surface area contributed by atoms with Crippen LogP contribution in [0.3, 0.4) is 0 Å². The lowest BCUT2D eigenvalue weighted by Crippen LogP contribution is -2.24. The van der Waals surface area contributed by atoms with Gasteiger partial charge in [0.25, 0.3) is 5.56 Å². The first-order valence-electron chi connectivity index (χ1n) is 11.0. The fraction of sp³-hybridized carbons (Fsp3) is 0.333. The fourth-order valence-electron chi connectivity index (χ4n) is 3.66. The summed E-state index contributed by atoms with van der Waals surface area (Å²) in [4.78, 5) is 25.9. The molecule has 2 heterocycles. The van der Waals surface area contributed by atoms with E-state index in [0.717, 1.165) is 19.3 Å². The molecule has 1 atom stereocenters. The maximum atomic E-state index is 13.8. The van der Waals surface area contributed by atoms with Crippen molar-refractivity contribution in [1.29, 1.82) is 0 Å². The van der Waals surface area contributed by atoms with Crippen LogP contribution >= 0.6 is 11.8 Å². The van der Waals surface area contributed by atoms with E-state index in [-0.39, 0.29) is 17.3 Å². The molecule has 0 bridgehead atoms. The van der Waals surface area contributed by atoms with Gasteiger partial charge in [0, 0.05) is 12.2 Å². The number of nitrogens with zero attached hydrogens (tertiary/aromatic N) is 4. The Bertz CT molecular complexity index is 1380. The molecule has 9 heteroatoms. The molecule has 0 saturated heterocycles. The first-order chi connectivity index (χ1) is 15.9. The fourth-order valence-corrected chi connectivity index (χ4v) is 4.51. The number of thioether (sulfide) groups is 1. The third-order valence-electron chi connectivity index (χ3n) is 5.55. The van der Waals surface area contributed by atoms with Gasteiger partial charge in [-0.1, -0.05) is 49.7 Å². The summed E-state index contributed by atoms with van der Waals surface area (Å²) in [5.41, 5.74) is 1.52. The quantitative estimate of drug-likeness (QED) is 0.297. The molecule has 0 fully saturated rings. The van der Waals surface area contributed by atoms with Gasteiger partial charge in [0.2, 0.25) is 11.7 Å². The van der Waals surface area contributed by atoms with E-state index >= 15 is 0 Å². The van der Waals surface area contributed by atoms with Crippen LogP contribution in [0, 0.1) is 12.7 Å². The minimum Gasteiger partial charge on any atom is -0.325 e. The summed E-state index contributed by atoms with van der Waals surface area (Å²) >= 11 is 1.24. The van der Waals surface area contributed by atoms with Crippen molar-refractivity contribution in [3.8, 4) is 0 Å². The average molecular weight is 468 g/mol. The van der Waals surface area contributed by atoms with E-state index in [9.17, 15) is 14.0 Å². The van der Waals surface area contributed by atoms with Gasteiger partial charge >= 0.3 is 0 Å². The number of hydrogen-bond acceptors (Lipinski definition) is 5. The summed E-state index contributed by atoms with van der Waals surface area (Å²) in [5, 5.41) is 11.9. The number of amides is 1. The first-order valence-corrected chi connectivity index (χ1v) is 11.9. The molecular formula is C24H26FN5O2S. The second-order valence-corrected chi connectivity index (χ2v) is 9.32. The number of para-hydroxylation sites is 1. The maximum Gasteiger partial charge on any atom is 0.262 e.